The zero-order valence-corrected chi connectivity index (χ0v) is 9.22. The molecule has 2 nitrogen and oxygen atoms in total. The van der Waals surface area contributed by atoms with E-state index in [2.05, 4.69) is 20.7 Å². The molecule has 0 aliphatic rings. The Morgan fingerprint density at radius 1 is 1.54 bits per heavy atom. The number of alkyl halides is 1. The van der Waals surface area contributed by atoms with Crippen LogP contribution in [-0.2, 0) is 10.1 Å². The quantitative estimate of drug-likeness (QED) is 0.589. The van der Waals surface area contributed by atoms with Crippen LogP contribution in [0.1, 0.15) is 21.5 Å². The number of esters is 1. The van der Waals surface area contributed by atoms with Gasteiger partial charge in [-0.3, -0.25) is 0 Å². The van der Waals surface area contributed by atoms with Crippen molar-refractivity contribution in [3.05, 3.63) is 34.9 Å². The van der Waals surface area contributed by atoms with Crippen molar-refractivity contribution in [2.24, 2.45) is 0 Å². The van der Waals surface area contributed by atoms with E-state index in [4.69, 9.17) is 0 Å². The molecule has 1 aromatic rings. The maximum Gasteiger partial charge on any atom is 0.338 e. The Labute approximate surface area is 86.0 Å². The standard InChI is InChI=1S/C10H11BrO2/c1-7-3-4-9(10(12)13-2)8(5-7)6-11/h3-5H,6H2,1-2H3. The van der Waals surface area contributed by atoms with Crippen molar-refractivity contribution >= 4 is 21.9 Å². The minimum Gasteiger partial charge on any atom is -0.465 e. The number of carbonyl (C=O) groups excluding carboxylic acids is 1. The molecule has 0 radical (unpaired) electrons. The van der Waals surface area contributed by atoms with Gasteiger partial charge in [0.05, 0.1) is 12.7 Å². The average molecular weight is 243 g/mol. The second kappa shape index (κ2) is 4.42. The lowest BCUT2D eigenvalue weighted by molar-refractivity contribution is 0.0600. The first-order valence-corrected chi connectivity index (χ1v) is 5.05. The summed E-state index contributed by atoms with van der Waals surface area (Å²) < 4.78 is 4.66. The molecule has 1 aromatic carbocycles. The fraction of sp³-hybridized carbons (Fsp3) is 0.300. The van der Waals surface area contributed by atoms with Gasteiger partial charge >= 0.3 is 5.97 Å². The van der Waals surface area contributed by atoms with E-state index in [1.807, 2.05) is 19.1 Å². The first kappa shape index (κ1) is 10.3. The molecule has 0 heterocycles. The van der Waals surface area contributed by atoms with Crippen molar-refractivity contribution in [2.75, 3.05) is 7.11 Å². The molecule has 0 aromatic heterocycles. The van der Waals surface area contributed by atoms with E-state index in [1.54, 1.807) is 6.07 Å². The molecule has 0 N–H and O–H groups in total. The third-order valence-electron chi connectivity index (χ3n) is 1.81. The Bertz CT molecular complexity index is 321. The normalized spacial score (nSPS) is 9.77. The number of hydrogen-bond donors (Lipinski definition) is 0. The van der Waals surface area contributed by atoms with Gasteiger partial charge in [-0.1, -0.05) is 33.6 Å². The lowest BCUT2D eigenvalue weighted by Gasteiger charge is -2.05. The summed E-state index contributed by atoms with van der Waals surface area (Å²) in [4.78, 5) is 11.3. The van der Waals surface area contributed by atoms with Crippen molar-refractivity contribution in [1.82, 2.24) is 0 Å². The minimum atomic E-state index is -0.283. The molecule has 0 amide bonds. The van der Waals surface area contributed by atoms with Crippen LogP contribution in [0.4, 0.5) is 0 Å². The molecule has 0 spiro atoms. The molecular formula is C10H11BrO2. The molecule has 1 rings (SSSR count). The third kappa shape index (κ3) is 2.31. The Morgan fingerprint density at radius 2 is 2.23 bits per heavy atom. The number of benzene rings is 1. The van der Waals surface area contributed by atoms with Crippen LogP contribution in [0.5, 0.6) is 0 Å². The molecule has 3 heteroatoms. The molecule has 0 saturated carbocycles. The molecule has 0 atom stereocenters. The summed E-state index contributed by atoms with van der Waals surface area (Å²) in [6, 6.07) is 5.66. The number of ether oxygens (including phenoxy) is 1. The topological polar surface area (TPSA) is 26.3 Å². The summed E-state index contributed by atoms with van der Waals surface area (Å²) in [6.07, 6.45) is 0. The largest absolute Gasteiger partial charge is 0.465 e. The van der Waals surface area contributed by atoms with Gasteiger partial charge in [-0.25, -0.2) is 4.79 Å². The predicted molar refractivity (Wildman–Crippen MR) is 55.1 cm³/mol. The fourth-order valence-electron chi connectivity index (χ4n) is 1.14. The predicted octanol–water partition coefficient (Wildman–Crippen LogP) is 2.68. The third-order valence-corrected chi connectivity index (χ3v) is 2.41. The maximum atomic E-state index is 11.3. The smallest absolute Gasteiger partial charge is 0.338 e. The van der Waals surface area contributed by atoms with Crippen molar-refractivity contribution in [1.29, 1.82) is 0 Å². The number of carbonyl (C=O) groups is 1. The average Bonchev–Trinajstić information content (AvgIpc) is 2.16. The summed E-state index contributed by atoms with van der Waals surface area (Å²) in [7, 11) is 1.39. The monoisotopic (exact) mass is 242 g/mol. The highest BCUT2D eigenvalue weighted by atomic mass is 79.9. The number of aryl methyl sites for hydroxylation is 1. The van der Waals surface area contributed by atoms with E-state index in [0.29, 0.717) is 10.9 Å². The first-order valence-electron chi connectivity index (χ1n) is 3.93. The van der Waals surface area contributed by atoms with Crippen molar-refractivity contribution in [3.8, 4) is 0 Å². The molecule has 70 valence electrons. The van der Waals surface area contributed by atoms with E-state index in [1.165, 1.54) is 7.11 Å². The van der Waals surface area contributed by atoms with Gasteiger partial charge in [0.15, 0.2) is 0 Å². The molecule has 13 heavy (non-hydrogen) atoms. The summed E-state index contributed by atoms with van der Waals surface area (Å²) in [6.45, 7) is 1.99. The van der Waals surface area contributed by atoms with Crippen LogP contribution in [0.3, 0.4) is 0 Å². The molecule has 0 unspecified atom stereocenters. The summed E-state index contributed by atoms with van der Waals surface area (Å²) in [5.41, 5.74) is 2.74. The fourth-order valence-corrected chi connectivity index (χ4v) is 1.61. The second-order valence-corrected chi connectivity index (χ2v) is 3.35. The zero-order valence-electron chi connectivity index (χ0n) is 7.63. The lowest BCUT2D eigenvalue weighted by atomic mass is 10.1. The van der Waals surface area contributed by atoms with E-state index in [-0.39, 0.29) is 5.97 Å². The Kier molecular flexibility index (Phi) is 3.48. The summed E-state index contributed by atoms with van der Waals surface area (Å²) >= 11 is 3.33. The minimum absolute atomic E-state index is 0.283. The maximum absolute atomic E-state index is 11.3. The Balaban J connectivity index is 3.13. The molecule has 0 saturated heterocycles. The van der Waals surface area contributed by atoms with Crippen molar-refractivity contribution in [3.63, 3.8) is 0 Å². The van der Waals surface area contributed by atoms with Gasteiger partial charge in [-0.2, -0.15) is 0 Å². The van der Waals surface area contributed by atoms with Crippen LogP contribution in [0.25, 0.3) is 0 Å². The molecule has 0 fully saturated rings. The van der Waals surface area contributed by atoms with Crippen LogP contribution < -0.4 is 0 Å². The van der Waals surface area contributed by atoms with Crippen molar-refractivity contribution < 1.29 is 9.53 Å². The summed E-state index contributed by atoms with van der Waals surface area (Å²) in [5.74, 6) is -0.283. The number of methoxy groups -OCH3 is 1. The van der Waals surface area contributed by atoms with E-state index in [9.17, 15) is 4.79 Å². The van der Waals surface area contributed by atoms with Crippen LogP contribution in [-0.4, -0.2) is 13.1 Å². The van der Waals surface area contributed by atoms with Crippen molar-refractivity contribution in [2.45, 2.75) is 12.3 Å². The summed E-state index contributed by atoms with van der Waals surface area (Å²) in [5, 5.41) is 0.666. The number of hydrogen-bond acceptors (Lipinski definition) is 2. The SMILES string of the molecule is COC(=O)c1ccc(C)cc1CBr. The van der Waals surface area contributed by atoms with Gasteiger partial charge in [-0.05, 0) is 18.6 Å². The second-order valence-electron chi connectivity index (χ2n) is 2.79. The van der Waals surface area contributed by atoms with Gasteiger partial charge in [0.2, 0.25) is 0 Å². The zero-order chi connectivity index (χ0) is 9.84. The first-order chi connectivity index (χ1) is 6.19. The van der Waals surface area contributed by atoms with Gasteiger partial charge in [0, 0.05) is 5.33 Å². The molecule has 0 aliphatic carbocycles. The molecule has 0 aliphatic heterocycles. The highest BCUT2D eigenvalue weighted by Gasteiger charge is 2.09. The van der Waals surface area contributed by atoms with E-state index >= 15 is 0 Å². The lowest BCUT2D eigenvalue weighted by Crippen LogP contribution is -2.04. The van der Waals surface area contributed by atoms with Gasteiger partial charge in [-0.15, -0.1) is 0 Å². The van der Waals surface area contributed by atoms with Gasteiger partial charge in [0.1, 0.15) is 0 Å². The highest BCUT2D eigenvalue weighted by Crippen LogP contribution is 2.15. The number of rotatable bonds is 2. The van der Waals surface area contributed by atoms with E-state index in [0.717, 1.165) is 11.1 Å². The highest BCUT2D eigenvalue weighted by molar-refractivity contribution is 9.08. The molecular weight excluding hydrogens is 232 g/mol. The van der Waals surface area contributed by atoms with Gasteiger partial charge in [0.25, 0.3) is 0 Å². The Morgan fingerprint density at radius 3 is 2.77 bits per heavy atom. The van der Waals surface area contributed by atoms with E-state index < -0.39 is 0 Å². The van der Waals surface area contributed by atoms with Crippen LogP contribution >= 0.6 is 15.9 Å². The molecule has 0 bridgehead atoms. The van der Waals surface area contributed by atoms with Crippen LogP contribution in [0.15, 0.2) is 18.2 Å². The van der Waals surface area contributed by atoms with Gasteiger partial charge < -0.3 is 4.74 Å². The van der Waals surface area contributed by atoms with Crippen LogP contribution in [0.2, 0.25) is 0 Å². The van der Waals surface area contributed by atoms with Crippen LogP contribution in [0, 0.1) is 6.92 Å². The number of halogens is 1. The Hall–Kier alpha value is -0.830.